The molecule has 0 aliphatic carbocycles. The summed E-state index contributed by atoms with van der Waals surface area (Å²) in [6.07, 6.45) is 1.74. The third-order valence-corrected chi connectivity index (χ3v) is 5.75. The molecule has 1 saturated heterocycles. The molecule has 1 N–H and O–H groups in total. The molecular formula is C25H23ClN2O2. The first-order valence-electron chi connectivity index (χ1n) is 10.1. The van der Waals surface area contributed by atoms with Crippen LogP contribution in [0.25, 0.3) is 0 Å². The highest BCUT2D eigenvalue weighted by Crippen LogP contribution is 2.30. The third-order valence-electron chi connectivity index (χ3n) is 5.44. The second-order valence-electron chi connectivity index (χ2n) is 7.46. The molecule has 0 bridgehead atoms. The van der Waals surface area contributed by atoms with Crippen molar-refractivity contribution in [2.24, 2.45) is 0 Å². The molecule has 1 aliphatic rings. The number of amides is 1. The Bertz CT molecular complexity index is 1040. The summed E-state index contributed by atoms with van der Waals surface area (Å²) in [4.78, 5) is 28.3. The molecule has 0 saturated carbocycles. The number of nitrogens with one attached hydrogen (secondary N) is 1. The van der Waals surface area contributed by atoms with Crippen molar-refractivity contribution in [2.45, 2.75) is 25.4 Å². The summed E-state index contributed by atoms with van der Waals surface area (Å²) in [6.45, 7) is 1.59. The van der Waals surface area contributed by atoms with Crippen LogP contribution in [0.15, 0.2) is 78.9 Å². The Kier molecular flexibility index (Phi) is 6.26. The number of anilines is 1. The Hall–Kier alpha value is -2.95. The van der Waals surface area contributed by atoms with Crippen LogP contribution in [0, 0.1) is 0 Å². The van der Waals surface area contributed by atoms with Gasteiger partial charge in [-0.1, -0.05) is 78.3 Å². The molecule has 0 aromatic heterocycles. The smallest absolute Gasteiger partial charge is 0.241 e. The summed E-state index contributed by atoms with van der Waals surface area (Å²) in [5.74, 6) is -0.292. The lowest BCUT2D eigenvalue weighted by Crippen LogP contribution is -2.39. The first-order chi connectivity index (χ1) is 14.6. The minimum Gasteiger partial charge on any atom is -0.323 e. The van der Waals surface area contributed by atoms with E-state index in [2.05, 4.69) is 22.3 Å². The number of benzene rings is 3. The van der Waals surface area contributed by atoms with E-state index in [9.17, 15) is 9.59 Å². The molecular weight excluding hydrogens is 396 g/mol. The van der Waals surface area contributed by atoms with E-state index in [4.69, 9.17) is 11.6 Å². The number of halogens is 1. The van der Waals surface area contributed by atoms with E-state index in [0.717, 1.165) is 25.9 Å². The zero-order chi connectivity index (χ0) is 20.9. The molecule has 5 heteroatoms. The van der Waals surface area contributed by atoms with Crippen LogP contribution in [0.3, 0.4) is 0 Å². The van der Waals surface area contributed by atoms with Gasteiger partial charge < -0.3 is 5.32 Å². The van der Waals surface area contributed by atoms with Crippen molar-refractivity contribution in [2.75, 3.05) is 11.9 Å². The summed E-state index contributed by atoms with van der Waals surface area (Å²) in [7, 11) is 0. The van der Waals surface area contributed by atoms with Crippen molar-refractivity contribution in [3.8, 4) is 0 Å². The first-order valence-corrected chi connectivity index (χ1v) is 10.5. The van der Waals surface area contributed by atoms with Crippen LogP contribution in [0.1, 0.15) is 34.3 Å². The van der Waals surface area contributed by atoms with Crippen LogP contribution in [0.4, 0.5) is 5.69 Å². The number of rotatable bonds is 6. The quantitative estimate of drug-likeness (QED) is 0.561. The molecule has 0 unspecified atom stereocenters. The van der Waals surface area contributed by atoms with Gasteiger partial charge in [-0.05, 0) is 37.1 Å². The molecule has 152 valence electrons. The molecule has 4 rings (SSSR count). The minimum absolute atomic E-state index is 0.126. The normalized spacial score (nSPS) is 16.4. The number of carbonyl (C=O) groups excluding carboxylic acids is 2. The van der Waals surface area contributed by atoms with Crippen LogP contribution in [0.2, 0.25) is 5.02 Å². The number of hydrogen-bond donors (Lipinski definition) is 1. The Labute approximate surface area is 181 Å². The lowest BCUT2D eigenvalue weighted by atomic mass is 10.0. The van der Waals surface area contributed by atoms with Crippen LogP contribution in [-0.2, 0) is 11.3 Å². The summed E-state index contributed by atoms with van der Waals surface area (Å²) in [5.41, 5.74) is 2.51. The third kappa shape index (κ3) is 4.45. The van der Waals surface area contributed by atoms with Gasteiger partial charge in [0, 0.05) is 17.7 Å². The summed E-state index contributed by atoms with van der Waals surface area (Å²) < 4.78 is 0. The molecule has 30 heavy (non-hydrogen) atoms. The van der Waals surface area contributed by atoms with Crippen molar-refractivity contribution in [1.82, 2.24) is 4.90 Å². The zero-order valence-electron chi connectivity index (χ0n) is 16.6. The molecule has 1 fully saturated rings. The van der Waals surface area contributed by atoms with E-state index in [-0.39, 0.29) is 17.7 Å². The predicted octanol–water partition coefficient (Wildman–Crippen LogP) is 5.17. The summed E-state index contributed by atoms with van der Waals surface area (Å²) in [6, 6.07) is 24.0. The number of carbonyl (C=O) groups is 2. The molecule has 1 heterocycles. The average molecular weight is 419 g/mol. The van der Waals surface area contributed by atoms with E-state index in [1.807, 2.05) is 36.4 Å². The molecule has 0 spiro atoms. The van der Waals surface area contributed by atoms with Crippen molar-refractivity contribution >= 4 is 29.0 Å². The van der Waals surface area contributed by atoms with Gasteiger partial charge in [-0.2, -0.15) is 0 Å². The van der Waals surface area contributed by atoms with E-state index >= 15 is 0 Å². The van der Waals surface area contributed by atoms with Gasteiger partial charge in [0.2, 0.25) is 5.91 Å². The highest BCUT2D eigenvalue weighted by atomic mass is 35.5. The van der Waals surface area contributed by atoms with Crippen LogP contribution in [0.5, 0.6) is 0 Å². The first kappa shape index (κ1) is 20.3. The maximum atomic E-state index is 13.2. The molecule has 3 aromatic rings. The van der Waals surface area contributed by atoms with E-state index < -0.39 is 0 Å². The highest BCUT2D eigenvalue weighted by Gasteiger charge is 2.31. The molecule has 1 amide bonds. The van der Waals surface area contributed by atoms with Gasteiger partial charge in [-0.15, -0.1) is 0 Å². The second kappa shape index (κ2) is 9.24. The average Bonchev–Trinajstić information content (AvgIpc) is 3.24. The van der Waals surface area contributed by atoms with Crippen molar-refractivity contribution in [3.63, 3.8) is 0 Å². The molecule has 1 aliphatic heterocycles. The minimum atomic E-state index is -0.249. The maximum absolute atomic E-state index is 13.2. The number of hydrogen-bond acceptors (Lipinski definition) is 3. The van der Waals surface area contributed by atoms with Crippen molar-refractivity contribution in [1.29, 1.82) is 0 Å². The van der Waals surface area contributed by atoms with Gasteiger partial charge >= 0.3 is 0 Å². The summed E-state index contributed by atoms with van der Waals surface area (Å²) in [5, 5.41) is 3.31. The van der Waals surface area contributed by atoms with Crippen LogP contribution < -0.4 is 5.32 Å². The van der Waals surface area contributed by atoms with Gasteiger partial charge in [0.25, 0.3) is 0 Å². The highest BCUT2D eigenvalue weighted by molar-refractivity contribution is 6.35. The SMILES string of the molecule is O=C(c1ccccc1)c1cccc(Cl)c1NC(=O)[C@H]1CCCN1Cc1ccccc1. The molecule has 0 radical (unpaired) electrons. The van der Waals surface area contributed by atoms with Crippen LogP contribution in [-0.4, -0.2) is 29.2 Å². The van der Waals surface area contributed by atoms with Gasteiger partial charge in [0.15, 0.2) is 5.78 Å². The van der Waals surface area contributed by atoms with Gasteiger partial charge in [0.05, 0.1) is 16.8 Å². The molecule has 4 nitrogen and oxygen atoms in total. The molecule has 1 atom stereocenters. The van der Waals surface area contributed by atoms with Gasteiger partial charge in [0.1, 0.15) is 0 Å². The van der Waals surface area contributed by atoms with Gasteiger partial charge in [-0.25, -0.2) is 0 Å². The Morgan fingerprint density at radius 3 is 2.37 bits per heavy atom. The monoisotopic (exact) mass is 418 g/mol. The Morgan fingerprint density at radius 1 is 0.933 bits per heavy atom. The number of nitrogens with zero attached hydrogens (tertiary/aromatic N) is 1. The van der Waals surface area contributed by atoms with E-state index in [1.54, 1.807) is 30.3 Å². The standard InChI is InChI=1S/C25H23ClN2O2/c26-21-14-7-13-20(24(29)19-11-5-2-6-12-19)23(21)27-25(30)22-15-8-16-28(22)17-18-9-3-1-4-10-18/h1-7,9-14,22H,8,15-17H2,(H,27,30)/t22-/m1/s1. The largest absolute Gasteiger partial charge is 0.323 e. The van der Waals surface area contributed by atoms with Crippen LogP contribution >= 0.6 is 11.6 Å². The fourth-order valence-electron chi connectivity index (χ4n) is 3.92. The van der Waals surface area contributed by atoms with Crippen molar-refractivity contribution in [3.05, 3.63) is 101 Å². The van der Waals surface area contributed by atoms with Crippen molar-refractivity contribution < 1.29 is 9.59 Å². The number of likely N-dealkylation sites (tertiary alicyclic amines) is 1. The van der Waals surface area contributed by atoms with E-state index in [0.29, 0.717) is 21.8 Å². The fourth-order valence-corrected chi connectivity index (χ4v) is 4.14. The Morgan fingerprint density at radius 2 is 1.63 bits per heavy atom. The second-order valence-corrected chi connectivity index (χ2v) is 7.87. The number of para-hydroxylation sites is 1. The predicted molar refractivity (Wildman–Crippen MR) is 120 cm³/mol. The van der Waals surface area contributed by atoms with Gasteiger partial charge in [-0.3, -0.25) is 14.5 Å². The number of ketones is 1. The van der Waals surface area contributed by atoms with E-state index in [1.165, 1.54) is 5.56 Å². The zero-order valence-corrected chi connectivity index (χ0v) is 17.3. The maximum Gasteiger partial charge on any atom is 0.241 e. The topological polar surface area (TPSA) is 49.4 Å². The lowest BCUT2D eigenvalue weighted by molar-refractivity contribution is -0.120. The lowest BCUT2D eigenvalue weighted by Gasteiger charge is -2.24. The summed E-state index contributed by atoms with van der Waals surface area (Å²) >= 11 is 6.40. The Balaban J connectivity index is 1.55. The fraction of sp³-hybridized carbons (Fsp3) is 0.200. The molecule has 3 aromatic carbocycles.